The molecular formula is C17H14O5. The van der Waals surface area contributed by atoms with Crippen molar-refractivity contribution in [3.63, 3.8) is 0 Å². The minimum Gasteiger partial charge on any atom is -0.493 e. The number of ketones is 2. The number of Topliss-reactive ketones (excluding diaryl/α,β-unsaturated/α-hetero) is 1. The predicted octanol–water partition coefficient (Wildman–Crippen LogP) is 2.77. The van der Waals surface area contributed by atoms with Crippen LogP contribution < -0.4 is 9.47 Å². The number of carbonyl (C=O) groups is 2. The second kappa shape index (κ2) is 5.18. The fraction of sp³-hybridized carbons (Fsp3) is 0.176. The van der Waals surface area contributed by atoms with Gasteiger partial charge in [0.15, 0.2) is 23.0 Å². The van der Waals surface area contributed by atoms with Crippen molar-refractivity contribution in [1.29, 1.82) is 0 Å². The molecule has 5 nitrogen and oxygen atoms in total. The summed E-state index contributed by atoms with van der Waals surface area (Å²) in [4.78, 5) is 24.7. The second-order valence-electron chi connectivity index (χ2n) is 4.82. The minimum atomic E-state index is -0.310. The Hall–Kier alpha value is -2.82. The summed E-state index contributed by atoms with van der Waals surface area (Å²) < 4.78 is 15.6. The molecule has 0 unspecified atom stereocenters. The summed E-state index contributed by atoms with van der Waals surface area (Å²) >= 11 is 0. The highest BCUT2D eigenvalue weighted by molar-refractivity contribution is 6.28. The topological polar surface area (TPSA) is 61.8 Å². The van der Waals surface area contributed by atoms with E-state index in [9.17, 15) is 9.59 Å². The van der Waals surface area contributed by atoms with E-state index < -0.39 is 0 Å². The third-order valence-electron chi connectivity index (χ3n) is 3.72. The number of allylic oxidation sites excluding steroid dienone is 2. The Bertz CT molecular complexity index is 833. The monoisotopic (exact) mass is 298 g/mol. The van der Waals surface area contributed by atoms with E-state index in [1.807, 2.05) is 0 Å². The normalized spacial score (nSPS) is 13.7. The first-order chi connectivity index (χ1) is 10.6. The maximum atomic E-state index is 12.5. The number of methoxy groups -OCH3 is 3. The van der Waals surface area contributed by atoms with Crippen LogP contribution in [-0.2, 0) is 4.74 Å². The predicted molar refractivity (Wildman–Crippen MR) is 80.8 cm³/mol. The molecule has 0 aromatic heterocycles. The number of carbonyl (C=O) groups excluding carboxylic acids is 2. The van der Waals surface area contributed by atoms with Gasteiger partial charge in [-0.25, -0.2) is 0 Å². The van der Waals surface area contributed by atoms with E-state index in [1.165, 1.54) is 20.3 Å². The van der Waals surface area contributed by atoms with Crippen LogP contribution in [0.15, 0.2) is 36.1 Å². The molecule has 2 aromatic rings. The summed E-state index contributed by atoms with van der Waals surface area (Å²) in [5.74, 6) is 0.544. The highest BCUT2D eigenvalue weighted by Crippen LogP contribution is 2.36. The van der Waals surface area contributed by atoms with Gasteiger partial charge in [-0.2, -0.15) is 0 Å². The summed E-state index contributed by atoms with van der Waals surface area (Å²) in [6, 6.07) is 6.91. The molecule has 2 aromatic carbocycles. The number of hydrogen-bond acceptors (Lipinski definition) is 5. The van der Waals surface area contributed by atoms with E-state index in [0.29, 0.717) is 28.0 Å². The van der Waals surface area contributed by atoms with Crippen LogP contribution in [0.1, 0.15) is 20.7 Å². The lowest BCUT2D eigenvalue weighted by molar-refractivity contribution is 0.0918. The van der Waals surface area contributed by atoms with Gasteiger partial charge < -0.3 is 14.2 Å². The molecule has 112 valence electrons. The maximum absolute atomic E-state index is 12.5. The summed E-state index contributed by atoms with van der Waals surface area (Å²) in [5.41, 5.74) is 0.702. The first kappa shape index (κ1) is 14.1. The number of fused-ring (bicyclic) bond motifs is 3. The quantitative estimate of drug-likeness (QED) is 0.872. The van der Waals surface area contributed by atoms with Crippen molar-refractivity contribution in [3.05, 3.63) is 47.2 Å². The average Bonchev–Trinajstić information content (AvgIpc) is 2.55. The van der Waals surface area contributed by atoms with Crippen LogP contribution in [0.2, 0.25) is 0 Å². The number of rotatable bonds is 3. The zero-order chi connectivity index (χ0) is 15.9. The fourth-order valence-corrected chi connectivity index (χ4v) is 2.64. The van der Waals surface area contributed by atoms with E-state index in [4.69, 9.17) is 14.2 Å². The Morgan fingerprint density at radius 1 is 0.864 bits per heavy atom. The zero-order valence-electron chi connectivity index (χ0n) is 12.4. The summed E-state index contributed by atoms with van der Waals surface area (Å²) in [6.07, 6.45) is 1.22. The minimum absolute atomic E-state index is 0.0415. The molecule has 0 saturated heterocycles. The standard InChI is InChI=1S/C17H14O5/c1-20-13-6-9-4-5-10-12(18)8-15(22-3)17(19)16(10)11(9)7-14(13)21-2/h4-8H,1-3H3. The van der Waals surface area contributed by atoms with Crippen molar-refractivity contribution in [3.8, 4) is 11.5 Å². The first-order valence-corrected chi connectivity index (χ1v) is 6.64. The molecule has 0 N–H and O–H groups in total. The largest absolute Gasteiger partial charge is 0.493 e. The Balaban J connectivity index is 2.36. The van der Waals surface area contributed by atoms with E-state index in [2.05, 4.69) is 0 Å². The SMILES string of the molecule is COC1=CC(=O)c2ccc3cc(OC)c(OC)cc3c2C1=O. The van der Waals surface area contributed by atoms with Gasteiger partial charge in [-0.15, -0.1) is 0 Å². The molecule has 22 heavy (non-hydrogen) atoms. The van der Waals surface area contributed by atoms with E-state index in [0.717, 1.165) is 5.39 Å². The summed E-state index contributed by atoms with van der Waals surface area (Å²) in [5, 5.41) is 1.42. The Morgan fingerprint density at radius 3 is 2.18 bits per heavy atom. The molecule has 0 spiro atoms. The van der Waals surface area contributed by atoms with Gasteiger partial charge in [0.05, 0.1) is 21.3 Å². The second-order valence-corrected chi connectivity index (χ2v) is 4.82. The zero-order valence-corrected chi connectivity index (χ0v) is 12.4. The summed E-state index contributed by atoms with van der Waals surface area (Å²) in [6.45, 7) is 0. The van der Waals surface area contributed by atoms with Crippen LogP contribution in [0.25, 0.3) is 10.8 Å². The Labute approximate surface area is 127 Å². The van der Waals surface area contributed by atoms with Gasteiger partial charge in [-0.3, -0.25) is 9.59 Å². The molecule has 1 aliphatic carbocycles. The maximum Gasteiger partial charge on any atom is 0.229 e. The molecule has 0 radical (unpaired) electrons. The smallest absolute Gasteiger partial charge is 0.229 e. The van der Waals surface area contributed by atoms with Crippen molar-refractivity contribution < 1.29 is 23.8 Å². The van der Waals surface area contributed by atoms with Crippen LogP contribution in [-0.4, -0.2) is 32.9 Å². The third-order valence-corrected chi connectivity index (χ3v) is 3.72. The molecule has 0 amide bonds. The average molecular weight is 298 g/mol. The van der Waals surface area contributed by atoms with E-state index in [-0.39, 0.29) is 17.3 Å². The van der Waals surface area contributed by atoms with Gasteiger partial charge >= 0.3 is 0 Å². The molecule has 0 heterocycles. The van der Waals surface area contributed by atoms with Gasteiger partial charge in [0.2, 0.25) is 5.78 Å². The van der Waals surface area contributed by atoms with Gasteiger partial charge in [0, 0.05) is 17.2 Å². The van der Waals surface area contributed by atoms with Crippen LogP contribution >= 0.6 is 0 Å². The van der Waals surface area contributed by atoms with Gasteiger partial charge in [0.25, 0.3) is 0 Å². The van der Waals surface area contributed by atoms with Crippen molar-refractivity contribution >= 4 is 22.3 Å². The molecule has 0 fully saturated rings. The lowest BCUT2D eigenvalue weighted by Gasteiger charge is -2.17. The van der Waals surface area contributed by atoms with Crippen LogP contribution in [0, 0.1) is 0 Å². The Morgan fingerprint density at radius 2 is 1.55 bits per heavy atom. The molecule has 1 aliphatic rings. The molecule has 0 aliphatic heterocycles. The van der Waals surface area contributed by atoms with Gasteiger partial charge in [-0.05, 0) is 29.0 Å². The number of ether oxygens (including phenoxy) is 3. The lowest BCUT2D eigenvalue weighted by Crippen LogP contribution is -2.18. The van der Waals surface area contributed by atoms with Crippen molar-refractivity contribution in [2.75, 3.05) is 21.3 Å². The van der Waals surface area contributed by atoms with Crippen molar-refractivity contribution in [2.24, 2.45) is 0 Å². The molecule has 5 heteroatoms. The van der Waals surface area contributed by atoms with E-state index in [1.54, 1.807) is 31.4 Å². The number of hydrogen-bond donors (Lipinski definition) is 0. The van der Waals surface area contributed by atoms with Crippen LogP contribution in [0.4, 0.5) is 0 Å². The summed E-state index contributed by atoms with van der Waals surface area (Å²) in [7, 11) is 4.44. The van der Waals surface area contributed by atoms with Crippen molar-refractivity contribution in [2.45, 2.75) is 0 Å². The molecule has 0 atom stereocenters. The molecular weight excluding hydrogens is 284 g/mol. The highest BCUT2D eigenvalue weighted by Gasteiger charge is 2.28. The van der Waals surface area contributed by atoms with Gasteiger partial charge in [0.1, 0.15) is 0 Å². The van der Waals surface area contributed by atoms with Gasteiger partial charge in [-0.1, -0.05) is 6.07 Å². The highest BCUT2D eigenvalue weighted by atomic mass is 16.5. The molecule has 0 saturated carbocycles. The van der Waals surface area contributed by atoms with Crippen LogP contribution in [0.5, 0.6) is 11.5 Å². The van der Waals surface area contributed by atoms with Crippen molar-refractivity contribution in [1.82, 2.24) is 0 Å². The van der Waals surface area contributed by atoms with E-state index >= 15 is 0 Å². The first-order valence-electron chi connectivity index (χ1n) is 6.64. The Kier molecular flexibility index (Phi) is 3.33. The van der Waals surface area contributed by atoms with Crippen LogP contribution in [0.3, 0.4) is 0 Å². The molecule has 3 rings (SSSR count). The molecule has 0 bridgehead atoms. The fourth-order valence-electron chi connectivity index (χ4n) is 2.64. The third kappa shape index (κ3) is 1.94. The number of benzene rings is 2. The lowest BCUT2D eigenvalue weighted by atomic mass is 9.88.